The summed E-state index contributed by atoms with van der Waals surface area (Å²) in [5.74, 6) is 0.170. The van der Waals surface area contributed by atoms with Gasteiger partial charge in [-0.25, -0.2) is 9.13 Å². The molecule has 0 rings (SSSR count). The molecule has 0 spiro atoms. The molecule has 0 aliphatic heterocycles. The largest absolute Gasteiger partial charge is 0.472 e. The van der Waals surface area contributed by atoms with Crippen LogP contribution in [-0.4, -0.2) is 96.7 Å². The molecule has 19 heteroatoms. The highest BCUT2D eigenvalue weighted by Crippen LogP contribution is 2.45. The number of aliphatic hydroxyl groups excluding tert-OH is 1. The minimum Gasteiger partial charge on any atom is -0.462 e. The molecule has 5 atom stereocenters. The number of hydrogen-bond acceptors (Lipinski definition) is 15. The van der Waals surface area contributed by atoms with Gasteiger partial charge in [0.05, 0.1) is 26.4 Å². The first-order chi connectivity index (χ1) is 48.2. The number of carbonyl (C=O) groups is 4. The van der Waals surface area contributed by atoms with Crippen LogP contribution < -0.4 is 0 Å². The first kappa shape index (κ1) is 98.1. The highest BCUT2D eigenvalue weighted by Gasteiger charge is 2.30. The zero-order valence-electron chi connectivity index (χ0n) is 65.7. The Morgan fingerprint density at radius 2 is 0.460 bits per heavy atom. The van der Waals surface area contributed by atoms with Gasteiger partial charge in [0.25, 0.3) is 0 Å². The van der Waals surface area contributed by atoms with E-state index in [-0.39, 0.29) is 25.7 Å². The zero-order valence-corrected chi connectivity index (χ0v) is 67.5. The number of esters is 4. The van der Waals surface area contributed by atoms with E-state index in [9.17, 15) is 43.2 Å². The third kappa shape index (κ3) is 74.3. The quantitative estimate of drug-likeness (QED) is 0.0222. The topological polar surface area (TPSA) is 237 Å². The Morgan fingerprint density at radius 3 is 0.680 bits per heavy atom. The van der Waals surface area contributed by atoms with E-state index in [2.05, 4.69) is 48.5 Å². The van der Waals surface area contributed by atoms with E-state index in [0.717, 1.165) is 108 Å². The number of phosphoric acid groups is 2. The van der Waals surface area contributed by atoms with Crippen molar-refractivity contribution in [2.75, 3.05) is 39.6 Å². The van der Waals surface area contributed by atoms with Gasteiger partial charge in [-0.15, -0.1) is 0 Å². The van der Waals surface area contributed by atoms with E-state index in [0.29, 0.717) is 31.6 Å². The number of phosphoric ester groups is 2. The summed E-state index contributed by atoms with van der Waals surface area (Å²) < 4.78 is 68.7. The summed E-state index contributed by atoms with van der Waals surface area (Å²) in [5.41, 5.74) is 0. The van der Waals surface area contributed by atoms with Crippen molar-refractivity contribution >= 4 is 39.5 Å². The van der Waals surface area contributed by atoms with Crippen LogP contribution >= 0.6 is 15.6 Å². The van der Waals surface area contributed by atoms with Crippen LogP contribution in [0.3, 0.4) is 0 Å². The van der Waals surface area contributed by atoms with Crippen LogP contribution in [0.5, 0.6) is 0 Å². The maximum Gasteiger partial charge on any atom is 0.472 e. The van der Waals surface area contributed by atoms with Gasteiger partial charge in [-0.2, -0.15) is 0 Å². The Hall–Kier alpha value is -1.94. The van der Waals surface area contributed by atoms with Gasteiger partial charge in [-0.05, 0) is 43.4 Å². The van der Waals surface area contributed by atoms with Crippen LogP contribution in [-0.2, 0) is 65.4 Å². The lowest BCUT2D eigenvalue weighted by atomic mass is 10.0. The standard InChI is InChI=1S/C81H158O17P2/c1-8-9-10-11-12-13-14-15-16-17-18-19-24-30-35-42-50-57-64-80(85)97-76(68-91-78(83)62-55-48-41-34-29-23-21-20-22-27-32-38-45-52-59-72(2)3)70-95-99(87,88)93-66-75(82)67-94-100(89,90)96-71-77(69-92-79(84)63-56-49-44-37-40-47-54-61-74(6)7)98-81(86)65-58-51-43-36-31-26-25-28-33-39-46-53-60-73(4)5/h72-77,82H,8-71H2,1-7H3,(H,87,88)(H,89,90)/t75-,76-,77-/m1/s1. The Bertz CT molecular complexity index is 1940. The fourth-order valence-corrected chi connectivity index (χ4v) is 14.1. The van der Waals surface area contributed by atoms with Crippen molar-refractivity contribution in [3.8, 4) is 0 Å². The summed E-state index contributed by atoms with van der Waals surface area (Å²) in [5, 5.41) is 10.6. The predicted molar refractivity (Wildman–Crippen MR) is 409 cm³/mol. The van der Waals surface area contributed by atoms with Gasteiger partial charge >= 0.3 is 39.5 Å². The molecule has 0 aliphatic rings. The molecular formula is C81H158O17P2. The molecule has 0 radical (unpaired) electrons. The lowest BCUT2D eigenvalue weighted by molar-refractivity contribution is -0.161. The second kappa shape index (κ2) is 71.3. The number of rotatable bonds is 79. The lowest BCUT2D eigenvalue weighted by Crippen LogP contribution is -2.30. The molecule has 0 saturated carbocycles. The summed E-state index contributed by atoms with van der Waals surface area (Å²) in [6.07, 6.45) is 59.7. The van der Waals surface area contributed by atoms with Crippen LogP contribution in [0.15, 0.2) is 0 Å². The van der Waals surface area contributed by atoms with Crippen LogP contribution in [0.2, 0.25) is 0 Å². The summed E-state index contributed by atoms with van der Waals surface area (Å²) in [7, 11) is -9.92. The van der Waals surface area contributed by atoms with Crippen LogP contribution in [0.25, 0.3) is 0 Å². The van der Waals surface area contributed by atoms with Crippen molar-refractivity contribution in [1.29, 1.82) is 0 Å². The number of unbranched alkanes of at least 4 members (excludes halogenated alkanes) is 47. The summed E-state index contributed by atoms with van der Waals surface area (Å²) in [4.78, 5) is 73.0. The van der Waals surface area contributed by atoms with Crippen molar-refractivity contribution in [3.05, 3.63) is 0 Å². The first-order valence-electron chi connectivity index (χ1n) is 41.8. The molecule has 100 heavy (non-hydrogen) atoms. The second-order valence-electron chi connectivity index (χ2n) is 30.6. The fourth-order valence-electron chi connectivity index (χ4n) is 12.5. The van der Waals surface area contributed by atoms with E-state index < -0.39 is 97.5 Å². The van der Waals surface area contributed by atoms with Gasteiger partial charge in [0, 0.05) is 25.7 Å². The van der Waals surface area contributed by atoms with Crippen molar-refractivity contribution in [2.45, 2.75) is 439 Å². The maximum atomic E-state index is 13.1. The number of hydrogen-bond donors (Lipinski definition) is 3. The van der Waals surface area contributed by atoms with Gasteiger partial charge in [0.15, 0.2) is 12.2 Å². The predicted octanol–water partition coefficient (Wildman–Crippen LogP) is 24.1. The molecule has 0 heterocycles. The number of ether oxygens (including phenoxy) is 4. The highest BCUT2D eigenvalue weighted by atomic mass is 31.2. The van der Waals surface area contributed by atoms with Crippen LogP contribution in [0, 0.1) is 17.8 Å². The highest BCUT2D eigenvalue weighted by molar-refractivity contribution is 7.47. The molecule has 0 aromatic rings. The van der Waals surface area contributed by atoms with Crippen LogP contribution in [0.1, 0.15) is 421 Å². The number of aliphatic hydroxyl groups is 1. The fraction of sp³-hybridized carbons (Fsp3) is 0.951. The molecule has 594 valence electrons. The van der Waals surface area contributed by atoms with Crippen LogP contribution in [0.4, 0.5) is 0 Å². The molecule has 0 fully saturated rings. The molecule has 0 amide bonds. The molecule has 0 aromatic heterocycles. The molecule has 0 aromatic carbocycles. The molecule has 0 aliphatic carbocycles. The Balaban J connectivity index is 5.25. The monoisotopic (exact) mass is 1470 g/mol. The average molecular weight is 1470 g/mol. The normalized spacial score (nSPS) is 14.0. The van der Waals surface area contributed by atoms with Crippen molar-refractivity contribution in [2.24, 2.45) is 17.8 Å². The smallest absolute Gasteiger partial charge is 0.462 e. The molecule has 0 saturated heterocycles. The minimum absolute atomic E-state index is 0.106. The summed E-state index contributed by atoms with van der Waals surface area (Å²) in [6, 6.07) is 0. The van der Waals surface area contributed by atoms with Crippen molar-refractivity contribution in [3.63, 3.8) is 0 Å². The van der Waals surface area contributed by atoms with E-state index in [4.69, 9.17) is 37.0 Å². The molecule has 3 N–H and O–H groups in total. The van der Waals surface area contributed by atoms with Gasteiger partial charge in [-0.3, -0.25) is 37.3 Å². The van der Waals surface area contributed by atoms with E-state index in [1.807, 2.05) is 0 Å². The third-order valence-corrected chi connectivity index (χ3v) is 20.8. The van der Waals surface area contributed by atoms with E-state index >= 15 is 0 Å². The van der Waals surface area contributed by atoms with Crippen molar-refractivity contribution < 1.29 is 80.2 Å². The zero-order chi connectivity index (χ0) is 73.7. The third-order valence-electron chi connectivity index (χ3n) is 18.9. The van der Waals surface area contributed by atoms with Crippen molar-refractivity contribution in [1.82, 2.24) is 0 Å². The van der Waals surface area contributed by atoms with Gasteiger partial charge in [-0.1, -0.05) is 370 Å². The Morgan fingerprint density at radius 1 is 0.270 bits per heavy atom. The molecule has 17 nitrogen and oxygen atoms in total. The van der Waals surface area contributed by atoms with Gasteiger partial charge < -0.3 is 33.8 Å². The lowest BCUT2D eigenvalue weighted by Gasteiger charge is -2.21. The minimum atomic E-state index is -4.96. The average Bonchev–Trinajstić information content (AvgIpc) is 0.934. The summed E-state index contributed by atoms with van der Waals surface area (Å²) in [6.45, 7) is 11.9. The second-order valence-corrected chi connectivity index (χ2v) is 33.5. The van der Waals surface area contributed by atoms with E-state index in [1.54, 1.807) is 0 Å². The molecular weight excluding hydrogens is 1310 g/mol. The van der Waals surface area contributed by atoms with E-state index in [1.165, 1.54) is 225 Å². The van der Waals surface area contributed by atoms with Gasteiger partial charge in [0.1, 0.15) is 19.3 Å². The number of carbonyl (C=O) groups excluding carboxylic acids is 4. The van der Waals surface area contributed by atoms with Gasteiger partial charge in [0.2, 0.25) is 0 Å². The maximum absolute atomic E-state index is 13.1. The Labute approximate surface area is 613 Å². The first-order valence-corrected chi connectivity index (χ1v) is 44.8. The molecule has 2 unspecified atom stereocenters. The molecule has 0 bridgehead atoms. The Kier molecular flexibility index (Phi) is 69.9. The SMILES string of the molecule is CCCCCCCCCCCCCCCCCCCCC(=O)O[C@H](COC(=O)CCCCCCCCCCCCCCCCC(C)C)COP(=O)(O)OC[C@@H](O)COP(=O)(O)OC[C@@H](COC(=O)CCCCCCCCCC(C)C)OC(=O)CCCCCCCCCCCCCCC(C)C. The summed E-state index contributed by atoms with van der Waals surface area (Å²) >= 11 is 0.